The van der Waals surface area contributed by atoms with Crippen LogP contribution in [-0.4, -0.2) is 32.9 Å². The number of hydrogen-bond donors (Lipinski definition) is 1. The molecule has 1 saturated heterocycles. The van der Waals surface area contributed by atoms with Gasteiger partial charge in [-0.3, -0.25) is 0 Å². The lowest BCUT2D eigenvalue weighted by Crippen LogP contribution is -2.30. The van der Waals surface area contributed by atoms with Crippen molar-refractivity contribution in [2.75, 3.05) is 32.9 Å². The Balaban J connectivity index is 0.000000187. The van der Waals surface area contributed by atoms with E-state index in [2.05, 4.69) is 16.6 Å². The van der Waals surface area contributed by atoms with Crippen molar-refractivity contribution < 1.29 is 9.47 Å². The first-order chi connectivity index (χ1) is 5.41. The Morgan fingerprint density at radius 3 is 2.27 bits per heavy atom. The van der Waals surface area contributed by atoms with Crippen molar-refractivity contribution in [3.63, 3.8) is 0 Å². The predicted molar refractivity (Wildman–Crippen MR) is 45.5 cm³/mol. The minimum atomic E-state index is 0.726. The Bertz CT molecular complexity index is 70.7. The van der Waals surface area contributed by atoms with Crippen LogP contribution in [0.25, 0.3) is 0 Å². The number of hydrogen-bond acceptors (Lipinski definition) is 3. The topological polar surface area (TPSA) is 30.5 Å². The van der Waals surface area contributed by atoms with E-state index in [1.807, 2.05) is 6.92 Å². The Labute approximate surface area is 68.4 Å². The average Bonchev–Trinajstić information content (AvgIpc) is 2.10. The van der Waals surface area contributed by atoms with Gasteiger partial charge in [0.25, 0.3) is 0 Å². The second kappa shape index (κ2) is 9.46. The molecule has 11 heavy (non-hydrogen) atoms. The van der Waals surface area contributed by atoms with Gasteiger partial charge in [0, 0.05) is 13.1 Å². The van der Waals surface area contributed by atoms with Gasteiger partial charge in [0.1, 0.15) is 0 Å². The molecule has 0 bridgehead atoms. The smallest absolute Gasteiger partial charge is 0.0844 e. The SMILES string of the molecule is C1COCCN1.C=COCC. The second-order valence-electron chi connectivity index (χ2n) is 1.98. The van der Waals surface area contributed by atoms with Crippen molar-refractivity contribution in [3.8, 4) is 0 Å². The van der Waals surface area contributed by atoms with Crippen LogP contribution in [-0.2, 0) is 9.47 Å². The summed E-state index contributed by atoms with van der Waals surface area (Å²) in [6.45, 7) is 9.81. The van der Waals surface area contributed by atoms with E-state index >= 15 is 0 Å². The zero-order valence-corrected chi connectivity index (χ0v) is 7.14. The lowest BCUT2D eigenvalue weighted by Gasteiger charge is -2.10. The van der Waals surface area contributed by atoms with Crippen molar-refractivity contribution in [2.24, 2.45) is 0 Å². The maximum Gasteiger partial charge on any atom is 0.0844 e. The first kappa shape index (κ1) is 10.5. The fraction of sp³-hybridized carbons (Fsp3) is 0.750. The zero-order valence-electron chi connectivity index (χ0n) is 7.14. The molecule has 3 heteroatoms. The molecule has 0 amide bonds. The standard InChI is InChI=1S/C4H9NO.C4H8O/c1-3-6-4-2-5-1;1-3-5-4-2/h5H,1-4H2;3H,1,4H2,2H3. The lowest BCUT2D eigenvalue weighted by atomic mass is 10.5. The van der Waals surface area contributed by atoms with Gasteiger partial charge in [0.2, 0.25) is 0 Å². The van der Waals surface area contributed by atoms with Crippen molar-refractivity contribution in [2.45, 2.75) is 6.92 Å². The van der Waals surface area contributed by atoms with Crippen molar-refractivity contribution in [3.05, 3.63) is 12.8 Å². The average molecular weight is 159 g/mol. The highest BCUT2D eigenvalue weighted by atomic mass is 16.5. The quantitative estimate of drug-likeness (QED) is 0.604. The normalized spacial score (nSPS) is 16.1. The first-order valence-electron chi connectivity index (χ1n) is 3.92. The minimum Gasteiger partial charge on any atom is -0.502 e. The van der Waals surface area contributed by atoms with E-state index in [1.54, 1.807) is 0 Å². The Hall–Kier alpha value is -0.540. The summed E-state index contributed by atoms with van der Waals surface area (Å²) in [5, 5.41) is 3.16. The van der Waals surface area contributed by atoms with Gasteiger partial charge in [0.05, 0.1) is 26.1 Å². The summed E-state index contributed by atoms with van der Waals surface area (Å²) in [6, 6.07) is 0. The third kappa shape index (κ3) is 9.46. The predicted octanol–water partition coefficient (Wildman–Crippen LogP) is 0.773. The number of morpholine rings is 1. The van der Waals surface area contributed by atoms with E-state index in [-0.39, 0.29) is 0 Å². The lowest BCUT2D eigenvalue weighted by molar-refractivity contribution is 0.109. The van der Waals surface area contributed by atoms with Crippen molar-refractivity contribution >= 4 is 0 Å². The molecule has 1 rings (SSSR count). The molecule has 1 aliphatic rings. The highest BCUT2D eigenvalue weighted by Crippen LogP contribution is 1.76. The van der Waals surface area contributed by atoms with Gasteiger partial charge in [-0.05, 0) is 6.92 Å². The third-order valence-electron chi connectivity index (χ3n) is 1.13. The largest absolute Gasteiger partial charge is 0.502 e. The number of nitrogens with one attached hydrogen (secondary N) is 1. The summed E-state index contributed by atoms with van der Waals surface area (Å²) in [7, 11) is 0. The molecule has 0 spiro atoms. The van der Waals surface area contributed by atoms with E-state index in [0.717, 1.165) is 32.9 Å². The minimum absolute atomic E-state index is 0.726. The van der Waals surface area contributed by atoms with Crippen LogP contribution in [0, 0.1) is 0 Å². The molecule has 0 unspecified atom stereocenters. The van der Waals surface area contributed by atoms with Gasteiger partial charge in [-0.15, -0.1) is 0 Å². The highest BCUT2D eigenvalue weighted by Gasteiger charge is 1.92. The van der Waals surface area contributed by atoms with Crippen LogP contribution in [0.15, 0.2) is 12.8 Å². The van der Waals surface area contributed by atoms with Crippen molar-refractivity contribution in [1.29, 1.82) is 0 Å². The summed E-state index contributed by atoms with van der Waals surface area (Å²) >= 11 is 0. The van der Waals surface area contributed by atoms with Gasteiger partial charge in [-0.25, -0.2) is 0 Å². The van der Waals surface area contributed by atoms with Gasteiger partial charge in [-0.2, -0.15) is 0 Å². The molecule has 0 saturated carbocycles. The molecule has 1 fully saturated rings. The van der Waals surface area contributed by atoms with Crippen molar-refractivity contribution in [1.82, 2.24) is 5.32 Å². The summed E-state index contributed by atoms with van der Waals surface area (Å²) in [5.41, 5.74) is 0. The zero-order chi connectivity index (χ0) is 8.36. The van der Waals surface area contributed by atoms with Gasteiger partial charge >= 0.3 is 0 Å². The monoisotopic (exact) mass is 159 g/mol. The van der Waals surface area contributed by atoms with Gasteiger partial charge < -0.3 is 14.8 Å². The fourth-order valence-corrected chi connectivity index (χ4v) is 0.634. The van der Waals surface area contributed by atoms with E-state index < -0.39 is 0 Å². The fourth-order valence-electron chi connectivity index (χ4n) is 0.634. The molecule has 0 atom stereocenters. The number of ether oxygens (including phenoxy) is 2. The van der Waals surface area contributed by atoms with E-state index in [9.17, 15) is 0 Å². The van der Waals surface area contributed by atoms with E-state index in [0.29, 0.717) is 0 Å². The molecular formula is C8H17NO2. The van der Waals surface area contributed by atoms with Gasteiger partial charge in [-0.1, -0.05) is 6.58 Å². The van der Waals surface area contributed by atoms with Crippen LogP contribution >= 0.6 is 0 Å². The van der Waals surface area contributed by atoms with Gasteiger partial charge in [0.15, 0.2) is 0 Å². The maximum atomic E-state index is 5.01. The molecular weight excluding hydrogens is 142 g/mol. The summed E-state index contributed by atoms with van der Waals surface area (Å²) < 4.78 is 9.60. The molecule has 0 aromatic rings. The van der Waals surface area contributed by atoms with E-state index in [1.165, 1.54) is 6.26 Å². The van der Waals surface area contributed by atoms with E-state index in [4.69, 9.17) is 4.74 Å². The molecule has 3 nitrogen and oxygen atoms in total. The van der Waals surface area contributed by atoms with Crippen LogP contribution in [0.3, 0.4) is 0 Å². The van der Waals surface area contributed by atoms with Crippen LogP contribution in [0.5, 0.6) is 0 Å². The van der Waals surface area contributed by atoms with Crippen LogP contribution in [0.4, 0.5) is 0 Å². The molecule has 0 aromatic heterocycles. The Morgan fingerprint density at radius 1 is 1.55 bits per heavy atom. The first-order valence-corrected chi connectivity index (χ1v) is 3.92. The molecule has 1 aliphatic heterocycles. The highest BCUT2D eigenvalue weighted by molar-refractivity contribution is 4.49. The molecule has 1 heterocycles. The summed E-state index contributed by atoms with van der Waals surface area (Å²) in [4.78, 5) is 0. The molecule has 0 radical (unpaired) electrons. The Kier molecular flexibility index (Phi) is 9.00. The van der Waals surface area contributed by atoms with Crippen LogP contribution < -0.4 is 5.32 Å². The van der Waals surface area contributed by atoms with Crippen LogP contribution in [0.1, 0.15) is 6.92 Å². The number of rotatable bonds is 2. The maximum absolute atomic E-state index is 5.01. The van der Waals surface area contributed by atoms with Crippen LogP contribution in [0.2, 0.25) is 0 Å². The molecule has 1 N–H and O–H groups in total. The molecule has 0 aromatic carbocycles. The third-order valence-corrected chi connectivity index (χ3v) is 1.13. The Morgan fingerprint density at radius 2 is 2.18 bits per heavy atom. The summed E-state index contributed by atoms with van der Waals surface area (Å²) in [5.74, 6) is 0. The molecule has 66 valence electrons. The summed E-state index contributed by atoms with van der Waals surface area (Å²) in [6.07, 6.45) is 1.43. The molecule has 0 aliphatic carbocycles. The second-order valence-corrected chi connectivity index (χ2v) is 1.98.